The lowest BCUT2D eigenvalue weighted by molar-refractivity contribution is -0.0432. The summed E-state index contributed by atoms with van der Waals surface area (Å²) < 4.78 is 14.3. The van der Waals surface area contributed by atoms with E-state index in [9.17, 15) is 9.90 Å². The van der Waals surface area contributed by atoms with Gasteiger partial charge in [0.15, 0.2) is 14.1 Å². The first-order chi connectivity index (χ1) is 12.8. The molecule has 1 aliphatic heterocycles. The maximum Gasteiger partial charge on any atom is 0.351 e. The van der Waals surface area contributed by atoms with Crippen LogP contribution >= 0.6 is 22.6 Å². The highest BCUT2D eigenvalue weighted by Crippen LogP contribution is 2.37. The lowest BCUT2D eigenvalue weighted by Gasteiger charge is -2.37. The van der Waals surface area contributed by atoms with E-state index in [1.165, 1.54) is 4.57 Å². The first-order valence-electron chi connectivity index (χ1n) is 9.28. The molecule has 2 rings (SSSR count). The molecule has 0 bridgehead atoms. The second-order valence-corrected chi connectivity index (χ2v) is 14.8. The largest absolute Gasteiger partial charge is 0.414 e. The van der Waals surface area contributed by atoms with Gasteiger partial charge < -0.3 is 19.2 Å². The number of aliphatic hydroxyl groups is 1. The molecule has 0 aliphatic carbocycles. The van der Waals surface area contributed by atoms with Crippen molar-refractivity contribution in [3.05, 3.63) is 20.3 Å². The molecular weight excluding hydrogens is 491 g/mol. The number of nitrogens with zero attached hydrogens (tertiary/aromatic N) is 4. The van der Waals surface area contributed by atoms with E-state index in [1.54, 1.807) is 17.4 Å². The number of ether oxygens (including phenoxy) is 1. The Labute approximate surface area is 181 Å². The van der Waals surface area contributed by atoms with E-state index in [2.05, 4.69) is 66.4 Å². The normalized spacial score (nSPS) is 23.5. The molecule has 8 nitrogen and oxygen atoms in total. The molecule has 0 aromatic carbocycles. The first kappa shape index (κ1) is 23.5. The average molecular weight is 522 g/mol. The molecule has 1 aromatic rings. The summed E-state index contributed by atoms with van der Waals surface area (Å²) in [6.07, 6.45) is 1.87. The number of aromatic nitrogens is 2. The highest BCUT2D eigenvalue weighted by Gasteiger charge is 2.41. The van der Waals surface area contributed by atoms with Crippen LogP contribution in [0.15, 0.2) is 16.0 Å². The van der Waals surface area contributed by atoms with Crippen molar-refractivity contribution in [3.8, 4) is 0 Å². The SMILES string of the molecule is CN(C)/C=N/c1nc(=O)n([C@H]2CC(O)[C@@H](CO[Si](C)(C)C(C)(C)C)O2)cc1I. The fourth-order valence-corrected chi connectivity index (χ4v) is 4.02. The molecule has 1 aliphatic rings. The van der Waals surface area contributed by atoms with E-state index in [-0.39, 0.29) is 5.04 Å². The Hall–Kier alpha value is -0.823. The van der Waals surface area contributed by atoms with Gasteiger partial charge in [0.2, 0.25) is 0 Å². The van der Waals surface area contributed by atoms with Crippen molar-refractivity contribution in [1.29, 1.82) is 0 Å². The van der Waals surface area contributed by atoms with Crippen molar-refractivity contribution in [2.45, 2.75) is 63.8 Å². The van der Waals surface area contributed by atoms with Gasteiger partial charge >= 0.3 is 5.69 Å². The minimum absolute atomic E-state index is 0.0792. The number of halogens is 1. The molecule has 3 atom stereocenters. The monoisotopic (exact) mass is 522 g/mol. The van der Waals surface area contributed by atoms with Crippen LogP contribution < -0.4 is 5.69 Å². The fraction of sp³-hybridized carbons (Fsp3) is 0.722. The van der Waals surface area contributed by atoms with Gasteiger partial charge in [-0.3, -0.25) is 4.57 Å². The lowest BCUT2D eigenvalue weighted by atomic mass is 10.2. The van der Waals surface area contributed by atoms with Gasteiger partial charge in [-0.05, 0) is 40.7 Å². The van der Waals surface area contributed by atoms with Crippen molar-refractivity contribution in [3.63, 3.8) is 0 Å². The number of hydrogen-bond donors (Lipinski definition) is 1. The zero-order chi connectivity index (χ0) is 21.3. The van der Waals surface area contributed by atoms with E-state index in [0.717, 1.165) is 3.57 Å². The first-order valence-corrected chi connectivity index (χ1v) is 13.3. The Morgan fingerprint density at radius 3 is 2.71 bits per heavy atom. The summed E-state index contributed by atoms with van der Waals surface area (Å²) in [6, 6.07) is 0. The highest BCUT2D eigenvalue weighted by atomic mass is 127. The second kappa shape index (κ2) is 8.90. The smallest absolute Gasteiger partial charge is 0.351 e. The molecule has 2 heterocycles. The molecule has 1 N–H and O–H groups in total. The van der Waals surface area contributed by atoms with E-state index < -0.39 is 32.4 Å². The zero-order valence-electron chi connectivity index (χ0n) is 17.6. The predicted octanol–water partition coefficient (Wildman–Crippen LogP) is 2.74. The van der Waals surface area contributed by atoms with Crippen LogP contribution in [-0.4, -0.2) is 67.1 Å². The molecule has 158 valence electrons. The van der Waals surface area contributed by atoms with Crippen LogP contribution in [0.5, 0.6) is 0 Å². The second-order valence-electron chi connectivity index (χ2n) is 8.81. The molecule has 28 heavy (non-hydrogen) atoms. The van der Waals surface area contributed by atoms with Crippen LogP contribution in [0.1, 0.15) is 33.4 Å². The number of aliphatic imine (C=N–C) groups is 1. The minimum atomic E-state index is -1.94. The molecule has 0 radical (unpaired) electrons. The summed E-state index contributed by atoms with van der Waals surface area (Å²) in [5, 5.41) is 10.5. The van der Waals surface area contributed by atoms with E-state index in [4.69, 9.17) is 9.16 Å². The third-order valence-electron chi connectivity index (χ3n) is 5.23. The third-order valence-corrected chi connectivity index (χ3v) is 10.5. The van der Waals surface area contributed by atoms with Crippen molar-refractivity contribution < 1.29 is 14.3 Å². The van der Waals surface area contributed by atoms with Gasteiger partial charge in [-0.15, -0.1) is 0 Å². The Balaban J connectivity index is 2.12. The standard InChI is InChI=1S/C18H31IN4O4Si/c1-18(2,3)28(6,7)26-10-14-13(24)8-15(27-14)23-9-12(19)16(21-17(23)25)20-11-22(4)5/h9,11,13-15,24H,8,10H2,1-7H3/b20-11+/t13?,14-,15-/m1/s1. The third kappa shape index (κ3) is 5.62. The zero-order valence-corrected chi connectivity index (χ0v) is 20.8. The summed E-state index contributed by atoms with van der Waals surface area (Å²) in [5.41, 5.74) is -0.450. The van der Waals surface area contributed by atoms with Crippen LogP contribution in [0.4, 0.5) is 5.82 Å². The Morgan fingerprint density at radius 2 is 2.14 bits per heavy atom. The number of hydrogen-bond acceptors (Lipinski definition) is 6. The molecule has 10 heteroatoms. The van der Waals surface area contributed by atoms with Gasteiger partial charge in [0, 0.05) is 26.7 Å². The number of rotatable bonds is 6. The summed E-state index contributed by atoms with van der Waals surface area (Å²) in [7, 11) is 1.75. The maximum atomic E-state index is 12.5. The fourth-order valence-electron chi connectivity index (χ4n) is 2.45. The Bertz CT molecular complexity index is 776. The molecule has 1 fully saturated rings. The van der Waals surface area contributed by atoms with Crippen LogP contribution in [-0.2, 0) is 9.16 Å². The molecule has 1 unspecified atom stereocenters. The maximum absolute atomic E-state index is 12.5. The van der Waals surface area contributed by atoms with E-state index >= 15 is 0 Å². The van der Waals surface area contributed by atoms with Crippen LogP contribution in [0.2, 0.25) is 18.1 Å². The van der Waals surface area contributed by atoms with Crippen molar-refractivity contribution in [2.75, 3.05) is 20.7 Å². The topological polar surface area (TPSA) is 89.2 Å². The molecule has 1 aromatic heterocycles. The Kier molecular flexibility index (Phi) is 7.46. The van der Waals surface area contributed by atoms with Gasteiger partial charge in [-0.1, -0.05) is 20.8 Å². The Morgan fingerprint density at radius 1 is 1.50 bits per heavy atom. The van der Waals surface area contributed by atoms with E-state index in [0.29, 0.717) is 18.8 Å². The van der Waals surface area contributed by atoms with Gasteiger partial charge in [0.1, 0.15) is 12.3 Å². The summed E-state index contributed by atoms with van der Waals surface area (Å²) in [5.74, 6) is 0.368. The lowest BCUT2D eigenvalue weighted by Crippen LogP contribution is -2.43. The van der Waals surface area contributed by atoms with Crippen molar-refractivity contribution >= 4 is 43.1 Å². The number of aliphatic hydroxyl groups excluding tert-OH is 1. The summed E-state index contributed by atoms with van der Waals surface area (Å²) in [6.45, 7) is 11.1. The molecular formula is C18H31IN4O4Si. The van der Waals surface area contributed by atoms with Gasteiger partial charge in [-0.2, -0.15) is 4.98 Å². The molecule has 0 saturated carbocycles. The quantitative estimate of drug-likeness (QED) is 0.268. The molecule has 0 spiro atoms. The van der Waals surface area contributed by atoms with Gasteiger partial charge in [0.25, 0.3) is 0 Å². The molecule has 1 saturated heterocycles. The van der Waals surface area contributed by atoms with E-state index in [1.807, 2.05) is 14.1 Å². The van der Waals surface area contributed by atoms with Crippen molar-refractivity contribution in [1.82, 2.24) is 14.5 Å². The predicted molar refractivity (Wildman–Crippen MR) is 121 cm³/mol. The van der Waals surface area contributed by atoms with Gasteiger partial charge in [-0.25, -0.2) is 9.79 Å². The average Bonchev–Trinajstić information content (AvgIpc) is 2.93. The minimum Gasteiger partial charge on any atom is -0.414 e. The highest BCUT2D eigenvalue weighted by molar-refractivity contribution is 14.1. The van der Waals surface area contributed by atoms with Crippen LogP contribution in [0.25, 0.3) is 0 Å². The van der Waals surface area contributed by atoms with Gasteiger partial charge in [0.05, 0.1) is 22.6 Å². The van der Waals surface area contributed by atoms with Crippen molar-refractivity contribution in [2.24, 2.45) is 4.99 Å². The summed E-state index contributed by atoms with van der Waals surface area (Å²) >= 11 is 2.09. The summed E-state index contributed by atoms with van der Waals surface area (Å²) in [4.78, 5) is 22.5. The van der Waals surface area contributed by atoms with Crippen LogP contribution in [0, 0.1) is 3.57 Å². The molecule has 0 amide bonds. The van der Waals surface area contributed by atoms with Crippen LogP contribution in [0.3, 0.4) is 0 Å².